The third-order valence-corrected chi connectivity index (χ3v) is 4.41. The Bertz CT molecular complexity index is 739. The minimum atomic E-state index is 0.705. The van der Waals surface area contributed by atoms with Crippen molar-refractivity contribution in [2.45, 2.75) is 6.42 Å². The average Bonchev–Trinajstić information content (AvgIpc) is 2.86. The number of pyridine rings is 1. The van der Waals surface area contributed by atoms with Gasteiger partial charge in [-0.05, 0) is 30.7 Å². The molecule has 0 radical (unpaired) electrons. The predicted molar refractivity (Wildman–Crippen MR) is 87.7 cm³/mol. The Balaban J connectivity index is 1.76. The molecular weight excluding hydrogens is 290 g/mol. The molecule has 0 fully saturated rings. The van der Waals surface area contributed by atoms with Crippen molar-refractivity contribution in [2.24, 2.45) is 0 Å². The Morgan fingerprint density at radius 1 is 1.20 bits per heavy atom. The Morgan fingerprint density at radius 2 is 2.10 bits per heavy atom. The number of hydrogen-bond donors (Lipinski definition) is 2. The number of para-hydroxylation sites is 1. The normalized spacial score (nSPS) is 10.8. The fourth-order valence-corrected chi connectivity index (χ4v) is 3.25. The van der Waals surface area contributed by atoms with Crippen LogP contribution in [0, 0.1) is 0 Å². The second-order valence-electron chi connectivity index (χ2n) is 4.48. The van der Waals surface area contributed by atoms with Crippen molar-refractivity contribution in [3.8, 4) is 0 Å². The first-order valence-electron chi connectivity index (χ1n) is 6.35. The van der Waals surface area contributed by atoms with E-state index < -0.39 is 0 Å². The van der Waals surface area contributed by atoms with Gasteiger partial charge in [-0.15, -0.1) is 11.3 Å². The van der Waals surface area contributed by atoms with E-state index in [-0.39, 0.29) is 0 Å². The lowest BCUT2D eigenvalue weighted by atomic mass is 10.1. The van der Waals surface area contributed by atoms with E-state index in [2.05, 4.69) is 16.4 Å². The highest BCUT2D eigenvalue weighted by atomic mass is 35.5. The van der Waals surface area contributed by atoms with Crippen molar-refractivity contribution >= 4 is 45.2 Å². The predicted octanol–water partition coefficient (Wildman–Crippen LogP) is 4.19. The molecule has 3 aromatic rings. The fraction of sp³-hybridized carbons (Fsp3) is 0.133. The molecule has 0 aliphatic rings. The van der Waals surface area contributed by atoms with E-state index in [1.165, 1.54) is 4.88 Å². The molecule has 3 N–H and O–H groups in total. The first-order valence-corrected chi connectivity index (χ1v) is 7.55. The van der Waals surface area contributed by atoms with Gasteiger partial charge in [0.1, 0.15) is 0 Å². The first-order chi connectivity index (χ1) is 9.74. The number of nitrogens with zero attached hydrogens (tertiary/aromatic N) is 1. The van der Waals surface area contributed by atoms with Crippen LogP contribution in [0.5, 0.6) is 0 Å². The molecule has 0 saturated heterocycles. The van der Waals surface area contributed by atoms with Gasteiger partial charge in [0.15, 0.2) is 0 Å². The fourth-order valence-electron chi connectivity index (χ4n) is 2.16. The Morgan fingerprint density at radius 3 is 2.90 bits per heavy atom. The smallest absolute Gasteiger partial charge is 0.0951 e. The molecule has 0 amide bonds. The maximum Gasteiger partial charge on any atom is 0.0951 e. The summed E-state index contributed by atoms with van der Waals surface area (Å²) >= 11 is 7.55. The zero-order valence-corrected chi connectivity index (χ0v) is 12.3. The van der Waals surface area contributed by atoms with Crippen LogP contribution < -0.4 is 11.1 Å². The average molecular weight is 304 g/mol. The molecule has 0 spiro atoms. The van der Waals surface area contributed by atoms with Crippen LogP contribution in [0.15, 0.2) is 42.6 Å². The van der Waals surface area contributed by atoms with Gasteiger partial charge in [-0.1, -0.05) is 23.7 Å². The Hall–Kier alpha value is -1.78. The van der Waals surface area contributed by atoms with Crippen LogP contribution in [-0.4, -0.2) is 11.5 Å². The lowest BCUT2D eigenvalue weighted by molar-refractivity contribution is 1.05. The largest absolute Gasteiger partial charge is 0.397 e. The summed E-state index contributed by atoms with van der Waals surface area (Å²) in [4.78, 5) is 5.61. The summed E-state index contributed by atoms with van der Waals surface area (Å²) in [5, 5.41) is 4.49. The van der Waals surface area contributed by atoms with Gasteiger partial charge in [-0.3, -0.25) is 4.98 Å². The summed E-state index contributed by atoms with van der Waals surface area (Å²) in [7, 11) is 0. The topological polar surface area (TPSA) is 50.9 Å². The van der Waals surface area contributed by atoms with Crippen molar-refractivity contribution in [1.29, 1.82) is 0 Å². The molecule has 0 aliphatic heterocycles. The van der Waals surface area contributed by atoms with Crippen molar-refractivity contribution in [3.05, 3.63) is 51.8 Å². The van der Waals surface area contributed by atoms with Gasteiger partial charge in [0, 0.05) is 28.7 Å². The van der Waals surface area contributed by atoms with E-state index in [9.17, 15) is 0 Å². The molecule has 2 aromatic heterocycles. The highest BCUT2D eigenvalue weighted by Crippen LogP contribution is 2.26. The molecule has 0 aliphatic carbocycles. The first kappa shape index (κ1) is 13.2. The number of benzene rings is 1. The molecule has 0 atom stereocenters. The zero-order chi connectivity index (χ0) is 13.9. The molecule has 0 saturated carbocycles. The van der Waals surface area contributed by atoms with E-state index >= 15 is 0 Å². The van der Waals surface area contributed by atoms with Gasteiger partial charge >= 0.3 is 0 Å². The molecule has 0 unspecified atom stereocenters. The van der Waals surface area contributed by atoms with Crippen molar-refractivity contribution in [2.75, 3.05) is 17.6 Å². The summed E-state index contributed by atoms with van der Waals surface area (Å²) in [5.74, 6) is 0. The van der Waals surface area contributed by atoms with Crippen molar-refractivity contribution in [3.63, 3.8) is 0 Å². The number of nitrogens with two attached hydrogens (primary N) is 1. The van der Waals surface area contributed by atoms with E-state index in [4.69, 9.17) is 17.3 Å². The lowest BCUT2D eigenvalue weighted by Crippen LogP contribution is -2.04. The Labute approximate surface area is 126 Å². The second-order valence-corrected chi connectivity index (χ2v) is 6.28. The highest BCUT2D eigenvalue weighted by molar-refractivity contribution is 7.16. The number of aromatic nitrogens is 1. The number of thiophene rings is 1. The van der Waals surface area contributed by atoms with Crippen LogP contribution in [0.1, 0.15) is 4.88 Å². The molecule has 5 heteroatoms. The van der Waals surface area contributed by atoms with E-state index in [1.54, 1.807) is 17.5 Å². The lowest BCUT2D eigenvalue weighted by Gasteiger charge is -2.09. The second kappa shape index (κ2) is 5.69. The number of nitrogens with one attached hydrogen (secondary N) is 1. The highest BCUT2D eigenvalue weighted by Gasteiger charge is 2.04. The number of halogens is 1. The molecule has 3 nitrogen and oxygen atoms in total. The third-order valence-electron chi connectivity index (χ3n) is 3.12. The summed E-state index contributed by atoms with van der Waals surface area (Å²) in [5.41, 5.74) is 8.55. The molecule has 102 valence electrons. The van der Waals surface area contributed by atoms with Crippen LogP contribution >= 0.6 is 22.9 Å². The number of anilines is 2. The maximum atomic E-state index is 5.94. The van der Waals surface area contributed by atoms with Crippen LogP contribution in [-0.2, 0) is 6.42 Å². The van der Waals surface area contributed by atoms with Crippen molar-refractivity contribution < 1.29 is 0 Å². The van der Waals surface area contributed by atoms with E-state index in [1.807, 2.05) is 30.3 Å². The summed E-state index contributed by atoms with van der Waals surface area (Å²) in [6.07, 6.45) is 2.73. The van der Waals surface area contributed by atoms with Crippen LogP contribution in [0.3, 0.4) is 0 Å². The van der Waals surface area contributed by atoms with Gasteiger partial charge in [0.25, 0.3) is 0 Å². The van der Waals surface area contributed by atoms with Crippen molar-refractivity contribution in [1.82, 2.24) is 4.98 Å². The molecular formula is C15H14ClN3S. The molecule has 1 aromatic carbocycles. The minimum Gasteiger partial charge on any atom is -0.397 e. The van der Waals surface area contributed by atoms with Crippen LogP contribution in [0.2, 0.25) is 4.34 Å². The Kier molecular flexibility index (Phi) is 3.76. The summed E-state index contributed by atoms with van der Waals surface area (Å²) in [6.45, 7) is 0.852. The quantitative estimate of drug-likeness (QED) is 0.711. The van der Waals surface area contributed by atoms with E-state index in [0.29, 0.717) is 5.69 Å². The van der Waals surface area contributed by atoms with Gasteiger partial charge in [-0.25, -0.2) is 0 Å². The number of hydrogen-bond acceptors (Lipinski definition) is 4. The molecule has 2 heterocycles. The monoisotopic (exact) mass is 303 g/mol. The van der Waals surface area contributed by atoms with Gasteiger partial charge in [0.2, 0.25) is 0 Å². The van der Waals surface area contributed by atoms with Gasteiger partial charge in [-0.2, -0.15) is 0 Å². The van der Waals surface area contributed by atoms with Gasteiger partial charge in [0.05, 0.1) is 15.5 Å². The standard InChI is InChI=1S/C15H14ClN3S/c16-14-5-4-10(20-14)6-8-18-13-7-9-19-15-11(13)2-1-3-12(15)17/h1-5,7,9H,6,8,17H2,(H,18,19). The zero-order valence-electron chi connectivity index (χ0n) is 10.8. The summed E-state index contributed by atoms with van der Waals surface area (Å²) < 4.78 is 0.835. The van der Waals surface area contributed by atoms with Crippen LogP contribution in [0.25, 0.3) is 10.9 Å². The number of fused-ring (bicyclic) bond motifs is 1. The van der Waals surface area contributed by atoms with E-state index in [0.717, 1.165) is 33.9 Å². The maximum absolute atomic E-state index is 5.94. The molecule has 20 heavy (non-hydrogen) atoms. The van der Waals surface area contributed by atoms with Gasteiger partial charge < -0.3 is 11.1 Å². The third kappa shape index (κ3) is 2.71. The molecule has 0 bridgehead atoms. The molecule has 3 rings (SSSR count). The number of nitrogen functional groups attached to an aromatic ring is 1. The minimum absolute atomic E-state index is 0.705. The van der Waals surface area contributed by atoms with Crippen LogP contribution in [0.4, 0.5) is 11.4 Å². The number of rotatable bonds is 4. The summed E-state index contributed by atoms with van der Waals surface area (Å²) in [6, 6.07) is 11.8. The SMILES string of the molecule is Nc1cccc2c(NCCc3ccc(Cl)s3)ccnc12.